The molecule has 0 amide bonds. The van der Waals surface area contributed by atoms with Crippen molar-refractivity contribution in [3.8, 4) is 67.5 Å². The molecule has 0 N–H and O–H groups in total. The molecule has 0 aliphatic carbocycles. The molecule has 0 aliphatic rings. The van der Waals surface area contributed by atoms with Crippen LogP contribution in [0.25, 0.3) is 89.1 Å². The van der Waals surface area contributed by atoms with Gasteiger partial charge in [-0.05, 0) is 67.1 Å². The Hall–Kier alpha value is -6.39. The molecule has 0 saturated heterocycles. The topological polar surface area (TPSA) is 38.7 Å². The minimum atomic E-state index is 0.638. The quantitative estimate of drug-likeness (QED) is 0.250. The van der Waals surface area contributed by atoms with E-state index in [9.17, 15) is 0 Å². The van der Waals surface area contributed by atoms with E-state index in [4.69, 9.17) is 15.0 Å². The maximum absolute atomic E-state index is 5.17. The van der Waals surface area contributed by atoms with Crippen LogP contribution in [0.15, 0.2) is 158 Å². The van der Waals surface area contributed by atoms with Gasteiger partial charge in [-0.1, -0.05) is 157 Å². The SMILES string of the molecule is Bc1c(B)c(B)c(-c2ccc(-c3cccc(-c4nc(-c5ccccc5)nc(-c5cccc(-c6cccc7ccccc67)c5)n4)c3)c3ccccc23)c(B)c1B. The van der Waals surface area contributed by atoms with Gasteiger partial charge in [-0.25, -0.2) is 15.0 Å². The fraction of sp³-hybridized carbons (Fsp3) is 0. The van der Waals surface area contributed by atoms with Crippen molar-refractivity contribution in [3.05, 3.63) is 158 Å². The van der Waals surface area contributed by atoms with Gasteiger partial charge < -0.3 is 0 Å². The summed E-state index contributed by atoms with van der Waals surface area (Å²) in [6, 6.07) is 55.7. The van der Waals surface area contributed by atoms with Gasteiger partial charge in [-0.2, -0.15) is 0 Å². The Kier molecular flexibility index (Phi) is 8.83. The van der Waals surface area contributed by atoms with Crippen molar-refractivity contribution in [1.82, 2.24) is 15.0 Å². The van der Waals surface area contributed by atoms with E-state index < -0.39 is 0 Å². The van der Waals surface area contributed by atoms with Gasteiger partial charge in [0, 0.05) is 16.7 Å². The van der Waals surface area contributed by atoms with Crippen LogP contribution in [0.1, 0.15) is 0 Å². The minimum Gasteiger partial charge on any atom is -0.208 e. The number of hydrogen-bond acceptors (Lipinski definition) is 3. The summed E-state index contributed by atoms with van der Waals surface area (Å²) in [7, 11) is 11.3. The number of fused-ring (bicyclic) bond motifs is 2. The normalized spacial score (nSPS) is 11.3. The Morgan fingerprint density at radius 2 is 0.691 bits per heavy atom. The van der Waals surface area contributed by atoms with Crippen molar-refractivity contribution in [3.63, 3.8) is 0 Å². The van der Waals surface area contributed by atoms with Crippen molar-refractivity contribution in [2.75, 3.05) is 0 Å². The summed E-state index contributed by atoms with van der Waals surface area (Å²) in [5, 5.41) is 4.90. The van der Waals surface area contributed by atoms with E-state index in [0.717, 1.165) is 27.8 Å². The third kappa shape index (κ3) is 6.18. The summed E-state index contributed by atoms with van der Waals surface area (Å²) < 4.78 is 0. The smallest absolute Gasteiger partial charge is 0.164 e. The summed E-state index contributed by atoms with van der Waals surface area (Å²) in [4.78, 5) is 15.3. The third-order valence-electron chi connectivity index (χ3n) is 11.5. The zero-order valence-corrected chi connectivity index (χ0v) is 31.9. The van der Waals surface area contributed by atoms with Gasteiger partial charge in [-0.3, -0.25) is 0 Å². The van der Waals surface area contributed by atoms with Crippen LogP contribution in [0.3, 0.4) is 0 Å². The molecule has 1 aromatic heterocycles. The van der Waals surface area contributed by atoms with Crippen LogP contribution in [0.2, 0.25) is 0 Å². The molecule has 254 valence electrons. The van der Waals surface area contributed by atoms with Crippen molar-refractivity contribution in [2.24, 2.45) is 0 Å². The minimum absolute atomic E-state index is 0.638. The highest BCUT2D eigenvalue weighted by Gasteiger charge is 2.18. The van der Waals surface area contributed by atoms with E-state index in [1.54, 1.807) is 0 Å². The first kappa shape index (κ1) is 34.4. The first-order valence-corrected chi connectivity index (χ1v) is 19.0. The zero-order valence-electron chi connectivity index (χ0n) is 31.9. The molecular formula is C47H36B5N3. The fourth-order valence-corrected chi connectivity index (χ4v) is 8.15. The van der Waals surface area contributed by atoms with Crippen LogP contribution in [-0.2, 0) is 0 Å². The second-order valence-corrected chi connectivity index (χ2v) is 14.6. The fourth-order valence-electron chi connectivity index (χ4n) is 8.15. The van der Waals surface area contributed by atoms with E-state index in [1.807, 2.05) is 18.2 Å². The Labute approximate surface area is 327 Å². The van der Waals surface area contributed by atoms with Crippen molar-refractivity contribution >= 4 is 88.1 Å². The maximum Gasteiger partial charge on any atom is 0.164 e. The Morgan fingerprint density at radius 1 is 0.291 bits per heavy atom. The first-order chi connectivity index (χ1) is 26.9. The van der Waals surface area contributed by atoms with Gasteiger partial charge in [0.1, 0.15) is 39.2 Å². The maximum atomic E-state index is 5.17. The molecule has 0 fully saturated rings. The van der Waals surface area contributed by atoms with Crippen LogP contribution in [0.5, 0.6) is 0 Å². The molecule has 8 heteroatoms. The van der Waals surface area contributed by atoms with Crippen molar-refractivity contribution in [1.29, 1.82) is 0 Å². The van der Waals surface area contributed by atoms with Crippen LogP contribution in [0, 0.1) is 0 Å². The summed E-state index contributed by atoms with van der Waals surface area (Å²) in [5.74, 6) is 1.92. The highest BCUT2D eigenvalue weighted by atomic mass is 15.0. The molecule has 9 rings (SSSR count). The predicted molar refractivity (Wildman–Crippen MR) is 248 cm³/mol. The monoisotopic (exact) mass is 697 g/mol. The summed E-state index contributed by atoms with van der Waals surface area (Å²) >= 11 is 0. The average Bonchev–Trinajstić information content (AvgIpc) is 3.25. The number of hydrogen-bond donors (Lipinski definition) is 0. The van der Waals surface area contributed by atoms with E-state index in [0.29, 0.717) is 17.5 Å². The van der Waals surface area contributed by atoms with Gasteiger partial charge in [0.25, 0.3) is 0 Å². The summed E-state index contributed by atoms with van der Waals surface area (Å²) in [6.07, 6.45) is 0. The Bertz CT molecular complexity index is 2910. The van der Waals surface area contributed by atoms with Crippen LogP contribution in [-0.4, -0.2) is 54.2 Å². The molecule has 0 bridgehead atoms. The summed E-state index contributed by atoms with van der Waals surface area (Å²) in [6.45, 7) is 0. The number of nitrogens with zero attached hydrogens (tertiary/aromatic N) is 3. The van der Waals surface area contributed by atoms with Gasteiger partial charge in [0.2, 0.25) is 0 Å². The molecule has 0 aliphatic heterocycles. The molecular weight excluding hydrogens is 661 g/mol. The zero-order chi connectivity index (χ0) is 37.6. The van der Waals surface area contributed by atoms with Crippen LogP contribution >= 0.6 is 0 Å². The lowest BCUT2D eigenvalue weighted by atomic mass is 9.59. The van der Waals surface area contributed by atoms with Crippen LogP contribution < -0.4 is 27.3 Å². The first-order valence-electron chi connectivity index (χ1n) is 19.0. The second kappa shape index (κ2) is 14.1. The van der Waals surface area contributed by atoms with E-state index in [2.05, 4.69) is 179 Å². The molecule has 1 heterocycles. The van der Waals surface area contributed by atoms with Gasteiger partial charge in [0.05, 0.1) is 0 Å². The molecule has 9 aromatic rings. The molecule has 0 saturated carbocycles. The lowest BCUT2D eigenvalue weighted by Crippen LogP contribution is -2.55. The van der Waals surface area contributed by atoms with E-state index in [1.165, 1.54) is 71.1 Å². The van der Waals surface area contributed by atoms with E-state index >= 15 is 0 Å². The highest BCUT2D eigenvalue weighted by molar-refractivity contribution is 6.68. The average molecular weight is 697 g/mol. The number of benzene rings is 8. The lowest BCUT2D eigenvalue weighted by molar-refractivity contribution is 1.07. The van der Waals surface area contributed by atoms with Gasteiger partial charge in [0.15, 0.2) is 17.5 Å². The molecule has 3 nitrogen and oxygen atoms in total. The predicted octanol–water partition coefficient (Wildman–Crippen LogP) is 3.47. The second-order valence-electron chi connectivity index (χ2n) is 14.6. The molecule has 0 atom stereocenters. The molecule has 0 radical (unpaired) electrons. The van der Waals surface area contributed by atoms with Crippen molar-refractivity contribution in [2.45, 2.75) is 0 Å². The molecule has 8 aromatic carbocycles. The Balaban J connectivity index is 1.18. The van der Waals surface area contributed by atoms with E-state index in [-0.39, 0.29) is 0 Å². The van der Waals surface area contributed by atoms with Gasteiger partial charge in [-0.15, -0.1) is 16.4 Å². The third-order valence-corrected chi connectivity index (χ3v) is 11.5. The number of rotatable bonds is 6. The lowest BCUT2D eigenvalue weighted by Gasteiger charge is -2.22. The highest BCUT2D eigenvalue weighted by Crippen LogP contribution is 2.37. The summed E-state index contributed by atoms with van der Waals surface area (Å²) in [5.41, 5.74) is 16.9. The van der Waals surface area contributed by atoms with Gasteiger partial charge >= 0.3 is 0 Å². The van der Waals surface area contributed by atoms with Crippen LogP contribution in [0.4, 0.5) is 0 Å². The number of aromatic nitrogens is 3. The van der Waals surface area contributed by atoms with Crippen molar-refractivity contribution < 1.29 is 0 Å². The molecule has 0 unspecified atom stereocenters. The standard InChI is InChI=1S/C47H36B5N3/c48-40-39(41(49)43(51)44(52)42(40)50)38-24-23-35(36-20-6-7-21-37(36)38)30-16-9-18-32(26-30)47-54-45(28-12-2-1-3-13-28)53-46(55-47)31-17-8-15-29(25-31)34-22-10-14-27-11-4-5-19-33(27)34/h1-26H,48-52H2. The Morgan fingerprint density at radius 3 is 1.31 bits per heavy atom. The largest absolute Gasteiger partial charge is 0.208 e. The molecule has 0 spiro atoms. The molecule has 55 heavy (non-hydrogen) atoms.